The van der Waals surface area contributed by atoms with Crippen molar-refractivity contribution in [2.45, 2.75) is 46.3 Å². The average molecular weight is 257 g/mol. The summed E-state index contributed by atoms with van der Waals surface area (Å²) < 4.78 is 5.18. The van der Waals surface area contributed by atoms with E-state index in [2.05, 4.69) is 0 Å². The fourth-order valence-electron chi connectivity index (χ4n) is 1.55. The lowest BCUT2D eigenvalue weighted by atomic mass is 9.90. The van der Waals surface area contributed by atoms with E-state index in [4.69, 9.17) is 9.84 Å². The molecule has 18 heavy (non-hydrogen) atoms. The molecule has 0 aromatic carbocycles. The van der Waals surface area contributed by atoms with E-state index in [0.717, 1.165) is 4.90 Å². The van der Waals surface area contributed by atoms with Crippen molar-refractivity contribution in [1.82, 2.24) is 4.90 Å². The number of hydrogen-bond donors (Lipinski definition) is 1. The van der Waals surface area contributed by atoms with Crippen LogP contribution in [0.2, 0.25) is 0 Å². The highest BCUT2D eigenvalue weighted by atomic mass is 16.5. The molecule has 0 bridgehead atoms. The predicted octanol–water partition coefficient (Wildman–Crippen LogP) is 1.29. The second kappa shape index (κ2) is 4.96. The highest BCUT2D eigenvalue weighted by Crippen LogP contribution is 2.24. The largest absolute Gasteiger partial charge is 0.465 e. The first-order valence-corrected chi connectivity index (χ1v) is 5.87. The summed E-state index contributed by atoms with van der Waals surface area (Å²) in [5.41, 5.74) is -0.259. The standard InChI is InChI=1S/C12H19NO5/c1-7(12(2,3)4)18-10(15)9-8(14)5-6-13(9)11(16)17/h7,9H,5-6H2,1-4H3,(H,16,17). The number of esters is 1. The van der Waals surface area contributed by atoms with E-state index in [0.29, 0.717) is 0 Å². The van der Waals surface area contributed by atoms with Crippen LogP contribution in [-0.2, 0) is 14.3 Å². The summed E-state index contributed by atoms with van der Waals surface area (Å²) in [6, 6.07) is -1.30. The Bertz CT molecular complexity index is 371. The van der Waals surface area contributed by atoms with Gasteiger partial charge in [0.05, 0.1) is 0 Å². The van der Waals surface area contributed by atoms with Crippen molar-refractivity contribution in [3.05, 3.63) is 0 Å². The first-order chi connectivity index (χ1) is 8.14. The van der Waals surface area contributed by atoms with Gasteiger partial charge in [0, 0.05) is 13.0 Å². The topological polar surface area (TPSA) is 83.9 Å². The molecule has 0 aromatic heterocycles. The Hall–Kier alpha value is -1.59. The molecule has 2 atom stereocenters. The van der Waals surface area contributed by atoms with Gasteiger partial charge in [-0.2, -0.15) is 0 Å². The Morgan fingerprint density at radius 2 is 2.00 bits per heavy atom. The Morgan fingerprint density at radius 1 is 1.44 bits per heavy atom. The molecule has 1 aliphatic heterocycles. The molecule has 0 radical (unpaired) electrons. The van der Waals surface area contributed by atoms with Crippen LogP contribution in [0.4, 0.5) is 4.79 Å². The molecular weight excluding hydrogens is 238 g/mol. The lowest BCUT2D eigenvalue weighted by molar-refractivity contribution is -0.159. The molecule has 1 heterocycles. The molecule has 1 fully saturated rings. The fraction of sp³-hybridized carbons (Fsp3) is 0.750. The number of Topliss-reactive ketones (excluding diaryl/α,β-unsaturated/α-hetero) is 1. The van der Waals surface area contributed by atoms with Crippen LogP contribution in [-0.4, -0.2) is 46.5 Å². The molecule has 0 saturated carbocycles. The van der Waals surface area contributed by atoms with E-state index in [1.807, 2.05) is 20.8 Å². The summed E-state index contributed by atoms with van der Waals surface area (Å²) >= 11 is 0. The molecule has 2 unspecified atom stereocenters. The number of carboxylic acid groups (broad SMARTS) is 1. The van der Waals surface area contributed by atoms with Crippen molar-refractivity contribution in [3.63, 3.8) is 0 Å². The van der Waals surface area contributed by atoms with Gasteiger partial charge in [0.25, 0.3) is 0 Å². The second-order valence-electron chi connectivity index (χ2n) is 5.54. The molecule has 1 aliphatic rings. The quantitative estimate of drug-likeness (QED) is 0.595. The van der Waals surface area contributed by atoms with Gasteiger partial charge >= 0.3 is 12.1 Å². The van der Waals surface area contributed by atoms with Crippen molar-refractivity contribution < 1.29 is 24.2 Å². The summed E-state index contributed by atoms with van der Waals surface area (Å²) in [5, 5.41) is 8.91. The van der Waals surface area contributed by atoms with E-state index in [-0.39, 0.29) is 18.4 Å². The zero-order valence-electron chi connectivity index (χ0n) is 11.1. The molecule has 0 spiro atoms. The van der Waals surface area contributed by atoms with Gasteiger partial charge in [-0.15, -0.1) is 0 Å². The first-order valence-electron chi connectivity index (χ1n) is 5.87. The van der Waals surface area contributed by atoms with Gasteiger partial charge in [-0.3, -0.25) is 9.69 Å². The lowest BCUT2D eigenvalue weighted by Gasteiger charge is -2.29. The average Bonchev–Trinajstić information content (AvgIpc) is 2.58. The Kier molecular flexibility index (Phi) is 3.98. The number of nitrogens with zero attached hydrogens (tertiary/aromatic N) is 1. The van der Waals surface area contributed by atoms with Gasteiger partial charge in [-0.1, -0.05) is 20.8 Å². The molecule has 102 valence electrons. The number of carbonyl (C=O) groups is 3. The van der Waals surface area contributed by atoms with E-state index in [1.54, 1.807) is 6.92 Å². The normalized spacial score (nSPS) is 21.9. The van der Waals surface area contributed by atoms with Gasteiger partial charge in [0.2, 0.25) is 0 Å². The minimum absolute atomic E-state index is 0.0534. The minimum Gasteiger partial charge on any atom is -0.465 e. The summed E-state index contributed by atoms with van der Waals surface area (Å²) in [6.07, 6.45) is -1.60. The summed E-state index contributed by atoms with van der Waals surface area (Å²) in [5.74, 6) is -1.18. The van der Waals surface area contributed by atoms with Crippen molar-refractivity contribution in [2.24, 2.45) is 5.41 Å². The van der Waals surface area contributed by atoms with Crippen LogP contribution in [0.5, 0.6) is 0 Å². The molecule has 6 nitrogen and oxygen atoms in total. The minimum atomic E-state index is -1.30. The molecule has 1 saturated heterocycles. The Labute approximate surface area is 106 Å². The molecule has 0 aliphatic carbocycles. The van der Waals surface area contributed by atoms with Gasteiger partial charge in [0.15, 0.2) is 11.8 Å². The maximum absolute atomic E-state index is 11.9. The zero-order chi connectivity index (χ0) is 14.1. The fourth-order valence-corrected chi connectivity index (χ4v) is 1.55. The smallest absolute Gasteiger partial charge is 0.408 e. The molecular formula is C12H19NO5. The monoisotopic (exact) mass is 257 g/mol. The van der Waals surface area contributed by atoms with Crippen LogP contribution >= 0.6 is 0 Å². The Balaban J connectivity index is 2.76. The SMILES string of the molecule is CC(OC(=O)C1C(=O)CCN1C(=O)O)C(C)(C)C. The molecule has 0 aromatic rings. The van der Waals surface area contributed by atoms with Crippen LogP contribution in [0.25, 0.3) is 0 Å². The van der Waals surface area contributed by atoms with Gasteiger partial charge in [-0.25, -0.2) is 9.59 Å². The van der Waals surface area contributed by atoms with Gasteiger partial charge in [-0.05, 0) is 12.3 Å². The third-order valence-electron chi connectivity index (χ3n) is 3.20. The van der Waals surface area contributed by atoms with Gasteiger partial charge in [0.1, 0.15) is 6.10 Å². The second-order valence-corrected chi connectivity index (χ2v) is 5.54. The predicted molar refractivity (Wildman–Crippen MR) is 63.2 cm³/mol. The van der Waals surface area contributed by atoms with Crippen LogP contribution in [0.1, 0.15) is 34.1 Å². The number of ketones is 1. The van der Waals surface area contributed by atoms with Crippen molar-refractivity contribution >= 4 is 17.8 Å². The van der Waals surface area contributed by atoms with Crippen molar-refractivity contribution in [3.8, 4) is 0 Å². The maximum atomic E-state index is 11.9. The summed E-state index contributed by atoms with van der Waals surface area (Å²) in [6.45, 7) is 7.48. The molecule has 1 amide bonds. The Morgan fingerprint density at radius 3 is 2.44 bits per heavy atom. The molecule has 1 N–H and O–H groups in total. The highest BCUT2D eigenvalue weighted by Gasteiger charge is 2.43. The van der Waals surface area contributed by atoms with E-state index in [9.17, 15) is 14.4 Å². The van der Waals surface area contributed by atoms with E-state index in [1.165, 1.54) is 0 Å². The molecule has 6 heteroatoms. The lowest BCUT2D eigenvalue weighted by Crippen LogP contribution is -2.45. The number of ether oxygens (including phenoxy) is 1. The number of rotatable bonds is 2. The summed E-state index contributed by atoms with van der Waals surface area (Å²) in [7, 11) is 0. The first kappa shape index (κ1) is 14.5. The van der Waals surface area contributed by atoms with Crippen LogP contribution in [0.15, 0.2) is 0 Å². The highest BCUT2D eigenvalue weighted by molar-refractivity contribution is 6.07. The third kappa shape index (κ3) is 3.00. The zero-order valence-corrected chi connectivity index (χ0v) is 11.1. The third-order valence-corrected chi connectivity index (χ3v) is 3.20. The number of amides is 1. The number of carbonyl (C=O) groups excluding carboxylic acids is 2. The maximum Gasteiger partial charge on any atom is 0.408 e. The van der Waals surface area contributed by atoms with Crippen LogP contribution in [0, 0.1) is 5.41 Å². The van der Waals surface area contributed by atoms with E-state index < -0.39 is 30.0 Å². The van der Waals surface area contributed by atoms with Crippen molar-refractivity contribution in [1.29, 1.82) is 0 Å². The number of likely N-dealkylation sites (tertiary alicyclic amines) is 1. The number of hydrogen-bond acceptors (Lipinski definition) is 4. The van der Waals surface area contributed by atoms with Crippen LogP contribution < -0.4 is 0 Å². The van der Waals surface area contributed by atoms with Crippen molar-refractivity contribution in [2.75, 3.05) is 6.54 Å². The van der Waals surface area contributed by atoms with Crippen LogP contribution in [0.3, 0.4) is 0 Å². The molecule has 1 rings (SSSR count). The summed E-state index contributed by atoms with van der Waals surface area (Å²) in [4.78, 5) is 35.2. The van der Waals surface area contributed by atoms with Gasteiger partial charge < -0.3 is 9.84 Å². The van der Waals surface area contributed by atoms with E-state index >= 15 is 0 Å².